The summed E-state index contributed by atoms with van der Waals surface area (Å²) in [6, 6.07) is 0.543. The summed E-state index contributed by atoms with van der Waals surface area (Å²) in [5.41, 5.74) is -0.256. The Balaban J connectivity index is 1.84. The Morgan fingerprint density at radius 3 is 2.75 bits per heavy atom. The number of ether oxygens (including phenoxy) is 1. The van der Waals surface area contributed by atoms with Crippen molar-refractivity contribution in [3.63, 3.8) is 0 Å². The number of aryl methyl sites for hydroxylation is 1. The molecule has 1 aromatic rings. The summed E-state index contributed by atoms with van der Waals surface area (Å²) in [5.74, 6) is 0. The topological polar surface area (TPSA) is 76.6 Å². The molecule has 1 aliphatic heterocycles. The van der Waals surface area contributed by atoms with Crippen LogP contribution in [0.5, 0.6) is 0 Å². The van der Waals surface area contributed by atoms with Crippen LogP contribution in [0, 0.1) is 6.92 Å². The van der Waals surface area contributed by atoms with E-state index in [1.807, 2.05) is 23.0 Å². The Morgan fingerprint density at radius 2 is 2.04 bits per heavy atom. The van der Waals surface area contributed by atoms with E-state index in [4.69, 9.17) is 7.80 Å². The molecule has 3 rings (SSSR count). The summed E-state index contributed by atoms with van der Waals surface area (Å²) in [5, 5.41) is 0. The molecule has 1 saturated heterocycles. The van der Waals surface area contributed by atoms with Gasteiger partial charge in [-0.05, 0) is 19.8 Å². The fourth-order valence-electron chi connectivity index (χ4n) is 3.71. The number of aromatic amines is 1. The van der Waals surface area contributed by atoms with Gasteiger partial charge in [-0.25, -0.2) is 4.79 Å². The molecule has 1 N–H and O–H groups in total. The number of halogens is 1. The number of hydrogen-bond acceptors (Lipinski definition) is 5. The largest absolute Gasteiger partial charge is 0.349 e. The predicted octanol–water partition coefficient (Wildman–Crippen LogP) is 1.74. The lowest BCUT2D eigenvalue weighted by Gasteiger charge is -2.43. The van der Waals surface area contributed by atoms with Gasteiger partial charge in [-0.15, -0.1) is 0 Å². The van der Waals surface area contributed by atoms with E-state index in [-0.39, 0.29) is 11.7 Å². The number of nitrogens with zero attached hydrogens (tertiary/aromatic N) is 2. The summed E-state index contributed by atoms with van der Waals surface area (Å²) in [4.78, 5) is 28.6. The number of nitrogens with one attached hydrogen (secondary N) is 1. The first-order valence-electron chi connectivity index (χ1n) is 8.53. The van der Waals surface area contributed by atoms with Gasteiger partial charge in [0, 0.05) is 30.9 Å². The second-order valence-electron chi connectivity index (χ2n) is 6.71. The maximum absolute atomic E-state index is 12.2. The molecular weight excluding hydrogens is 425 g/mol. The molecule has 134 valence electrons. The predicted molar refractivity (Wildman–Crippen MR) is 98.4 cm³/mol. The van der Waals surface area contributed by atoms with E-state index >= 15 is 0 Å². The minimum atomic E-state index is -0.421. The number of hydrogen-bond donors (Lipinski definition) is 1. The van der Waals surface area contributed by atoms with E-state index in [1.54, 1.807) is 13.1 Å². The summed E-state index contributed by atoms with van der Waals surface area (Å²) < 4.78 is 12.8. The number of aromatic nitrogens is 2. The van der Waals surface area contributed by atoms with Crippen LogP contribution in [0.1, 0.15) is 43.9 Å². The molecule has 0 bridgehead atoms. The molecule has 24 heavy (non-hydrogen) atoms. The molecule has 0 amide bonds. The minimum Gasteiger partial charge on any atom is -0.349 e. The van der Waals surface area contributed by atoms with Crippen molar-refractivity contribution in [2.45, 2.75) is 57.4 Å². The van der Waals surface area contributed by atoms with E-state index in [2.05, 4.69) is 9.88 Å². The third-order valence-electron chi connectivity index (χ3n) is 4.97. The molecule has 1 aliphatic carbocycles. The normalized spacial score (nSPS) is 26.6. The lowest BCUT2D eigenvalue weighted by Crippen LogP contribution is -2.53. The highest BCUT2D eigenvalue weighted by molar-refractivity contribution is 14.1. The first-order valence-corrected chi connectivity index (χ1v) is 9.41. The third-order valence-corrected chi connectivity index (χ3v) is 5.33. The van der Waals surface area contributed by atoms with Gasteiger partial charge in [0.1, 0.15) is 23.0 Å². The Bertz CT molecular complexity index is 668. The molecule has 2 fully saturated rings. The fraction of sp³-hybridized carbons (Fsp3) is 0.750. The number of rotatable bonds is 4. The second kappa shape index (κ2) is 8.11. The number of morpholine rings is 1. The zero-order valence-corrected chi connectivity index (χ0v) is 16.0. The van der Waals surface area contributed by atoms with Crippen LogP contribution in [0.25, 0.3) is 0 Å². The van der Waals surface area contributed by atoms with E-state index in [9.17, 15) is 9.59 Å². The molecule has 0 radical (unpaired) electrons. The lowest BCUT2D eigenvalue weighted by molar-refractivity contribution is -0.141. The van der Waals surface area contributed by atoms with Gasteiger partial charge in [0.2, 0.25) is 0 Å². The molecule has 0 aromatic carbocycles. The van der Waals surface area contributed by atoms with Crippen molar-refractivity contribution >= 4 is 23.0 Å². The first kappa shape index (κ1) is 18.1. The molecule has 7 nitrogen and oxygen atoms in total. The fourth-order valence-corrected chi connectivity index (χ4v) is 4.11. The van der Waals surface area contributed by atoms with Crippen LogP contribution >= 0.6 is 23.0 Å². The van der Waals surface area contributed by atoms with Crippen molar-refractivity contribution in [2.75, 3.05) is 19.7 Å². The summed E-state index contributed by atoms with van der Waals surface area (Å²) in [6.07, 6.45) is 7.34. The van der Waals surface area contributed by atoms with E-state index < -0.39 is 11.9 Å². The highest BCUT2D eigenvalue weighted by Gasteiger charge is 2.33. The smallest absolute Gasteiger partial charge is 0.330 e. The Kier molecular flexibility index (Phi) is 6.12. The van der Waals surface area contributed by atoms with E-state index in [0.29, 0.717) is 24.8 Å². The van der Waals surface area contributed by atoms with E-state index in [0.717, 1.165) is 6.54 Å². The Morgan fingerprint density at radius 1 is 1.29 bits per heavy atom. The van der Waals surface area contributed by atoms with Gasteiger partial charge in [-0.3, -0.25) is 19.2 Å². The highest BCUT2D eigenvalue weighted by Crippen LogP contribution is 2.28. The van der Waals surface area contributed by atoms with Crippen molar-refractivity contribution < 1.29 is 7.80 Å². The number of H-pyrrole nitrogens is 1. The molecule has 1 saturated carbocycles. The van der Waals surface area contributed by atoms with Crippen molar-refractivity contribution in [3.05, 3.63) is 32.6 Å². The standard InChI is InChI=1S/C16H24IN3O4/c1-11-7-20(16(22)18-15(11)21)14-9-19(8-13(24-14)10-23-17)12-5-3-2-4-6-12/h7,12-14H,2-6,8-10H2,1H3,(H,18,21,22)/t13-,14+/m0/s1. The summed E-state index contributed by atoms with van der Waals surface area (Å²) >= 11 is 1.87. The quantitative estimate of drug-likeness (QED) is 0.709. The van der Waals surface area contributed by atoms with Gasteiger partial charge in [-0.1, -0.05) is 19.3 Å². The lowest BCUT2D eigenvalue weighted by atomic mass is 9.93. The van der Waals surface area contributed by atoms with Crippen LogP contribution in [0.15, 0.2) is 15.8 Å². The zero-order valence-electron chi connectivity index (χ0n) is 13.9. The maximum Gasteiger partial charge on any atom is 0.330 e. The Labute approximate surface area is 155 Å². The van der Waals surface area contributed by atoms with Crippen LogP contribution in [0.2, 0.25) is 0 Å². The second-order valence-corrected chi connectivity index (χ2v) is 7.34. The zero-order chi connectivity index (χ0) is 17.1. The van der Waals surface area contributed by atoms with Crippen molar-refractivity contribution in [1.82, 2.24) is 14.5 Å². The molecule has 2 aliphatic rings. The van der Waals surface area contributed by atoms with Gasteiger partial charge in [-0.2, -0.15) is 0 Å². The molecular formula is C16H24IN3O4. The van der Waals surface area contributed by atoms with Gasteiger partial charge in [0.15, 0.2) is 6.23 Å². The average molecular weight is 449 g/mol. The van der Waals surface area contributed by atoms with Crippen LogP contribution < -0.4 is 11.2 Å². The molecule has 2 atom stereocenters. The SMILES string of the molecule is Cc1cn([C@H]2CN(C3CCCCC3)C[C@@H](COI)O2)c(=O)[nH]c1=O. The monoisotopic (exact) mass is 449 g/mol. The van der Waals surface area contributed by atoms with Crippen LogP contribution in [0.3, 0.4) is 0 Å². The van der Waals surface area contributed by atoms with Crippen molar-refractivity contribution in [1.29, 1.82) is 0 Å². The van der Waals surface area contributed by atoms with Crippen LogP contribution in [-0.4, -0.2) is 46.3 Å². The summed E-state index contributed by atoms with van der Waals surface area (Å²) in [6.45, 7) is 3.66. The molecule has 0 spiro atoms. The third kappa shape index (κ3) is 4.09. The van der Waals surface area contributed by atoms with Gasteiger partial charge < -0.3 is 7.80 Å². The van der Waals surface area contributed by atoms with Gasteiger partial charge in [0.25, 0.3) is 5.56 Å². The van der Waals surface area contributed by atoms with E-state index in [1.165, 1.54) is 36.7 Å². The van der Waals surface area contributed by atoms with Crippen LogP contribution in [0.4, 0.5) is 0 Å². The van der Waals surface area contributed by atoms with Crippen LogP contribution in [-0.2, 0) is 7.80 Å². The van der Waals surface area contributed by atoms with Crippen molar-refractivity contribution in [2.24, 2.45) is 0 Å². The molecule has 8 heteroatoms. The summed E-state index contributed by atoms with van der Waals surface area (Å²) in [7, 11) is 0. The minimum absolute atomic E-state index is 0.0817. The van der Waals surface area contributed by atoms with Gasteiger partial charge >= 0.3 is 5.69 Å². The molecule has 2 heterocycles. The van der Waals surface area contributed by atoms with Gasteiger partial charge in [0.05, 0.1) is 12.7 Å². The average Bonchev–Trinajstić information content (AvgIpc) is 2.59. The Hall–Kier alpha value is -0.710. The highest BCUT2D eigenvalue weighted by atomic mass is 127. The first-order chi connectivity index (χ1) is 11.6. The maximum atomic E-state index is 12.2. The molecule has 1 aromatic heterocycles. The molecule has 0 unspecified atom stereocenters. The van der Waals surface area contributed by atoms with Crippen molar-refractivity contribution in [3.8, 4) is 0 Å².